The second kappa shape index (κ2) is 11.7. The molecule has 0 spiro atoms. The number of aromatic nitrogens is 2. The summed E-state index contributed by atoms with van der Waals surface area (Å²) in [7, 11) is 0. The molecule has 240 valence electrons. The third-order valence-corrected chi connectivity index (χ3v) is 9.78. The number of benzene rings is 7. The molecule has 3 nitrogen and oxygen atoms in total. The van der Waals surface area contributed by atoms with Gasteiger partial charge in [-0.15, -0.1) is 0 Å². The van der Waals surface area contributed by atoms with Crippen LogP contribution >= 0.6 is 0 Å². The van der Waals surface area contributed by atoms with E-state index in [1.165, 1.54) is 5.56 Å². The summed E-state index contributed by atoms with van der Waals surface area (Å²) in [5.74, 6) is 0.844. The third kappa shape index (κ3) is 5.02. The Hall–Kier alpha value is -6.19. The first-order valence-electron chi connectivity index (χ1n) is 17.2. The number of fused-ring (bicyclic) bond motifs is 4. The highest BCUT2D eigenvalue weighted by atomic mass is 16.3. The van der Waals surface area contributed by atoms with Crippen LogP contribution in [0.25, 0.3) is 83.4 Å². The summed E-state index contributed by atoms with van der Waals surface area (Å²) in [5, 5.41) is 2.17. The Morgan fingerprint density at radius 2 is 1.10 bits per heavy atom. The first kappa shape index (κ1) is 29.9. The minimum Gasteiger partial charge on any atom is -0.455 e. The van der Waals surface area contributed by atoms with Crippen molar-refractivity contribution in [1.82, 2.24) is 9.55 Å². The topological polar surface area (TPSA) is 31.0 Å². The maximum atomic E-state index is 6.83. The molecule has 2 aromatic heterocycles. The van der Waals surface area contributed by atoms with Gasteiger partial charge >= 0.3 is 0 Å². The standard InChI is InChI=1S/C47H36N2O/c1-47(2,3)35-29-39(32-18-9-5-10-19-32)44(40(30-35)33-20-11-6-12-21-33)49-42-25-14-13-24-41(42)48-46(49)38-23-15-22-37-36-27-26-34(28-43(36)50-45(37)38)31-16-7-4-8-17-31/h4-30H,1-3H3. The van der Waals surface area contributed by atoms with Gasteiger partial charge in [-0.3, -0.25) is 4.57 Å². The minimum absolute atomic E-state index is 0.0656. The highest BCUT2D eigenvalue weighted by Gasteiger charge is 2.26. The van der Waals surface area contributed by atoms with Gasteiger partial charge in [-0.1, -0.05) is 142 Å². The summed E-state index contributed by atoms with van der Waals surface area (Å²) in [6.07, 6.45) is 0. The summed E-state index contributed by atoms with van der Waals surface area (Å²) in [4.78, 5) is 5.39. The van der Waals surface area contributed by atoms with Gasteiger partial charge in [-0.25, -0.2) is 4.98 Å². The number of para-hydroxylation sites is 3. The Labute approximate surface area is 292 Å². The largest absolute Gasteiger partial charge is 0.455 e. The average Bonchev–Trinajstić information content (AvgIpc) is 3.73. The molecule has 7 aromatic carbocycles. The SMILES string of the molecule is CC(C)(C)c1cc(-c2ccccc2)c(-n2c(-c3cccc4c3oc3cc(-c5ccccc5)ccc34)nc3ccccc32)c(-c2ccccc2)c1. The summed E-state index contributed by atoms with van der Waals surface area (Å²) < 4.78 is 9.19. The van der Waals surface area contributed by atoms with Crippen molar-refractivity contribution in [3.05, 3.63) is 169 Å². The van der Waals surface area contributed by atoms with Crippen LogP contribution in [-0.4, -0.2) is 9.55 Å². The van der Waals surface area contributed by atoms with Crippen molar-refractivity contribution in [2.24, 2.45) is 0 Å². The van der Waals surface area contributed by atoms with Gasteiger partial charge in [0.1, 0.15) is 17.0 Å². The smallest absolute Gasteiger partial charge is 0.149 e. The Bertz CT molecular complexity index is 2600. The van der Waals surface area contributed by atoms with E-state index in [0.29, 0.717) is 0 Å². The van der Waals surface area contributed by atoms with Crippen molar-refractivity contribution in [3.63, 3.8) is 0 Å². The van der Waals surface area contributed by atoms with E-state index in [1.54, 1.807) is 0 Å². The number of hydrogen-bond acceptors (Lipinski definition) is 2. The predicted molar refractivity (Wildman–Crippen MR) is 209 cm³/mol. The lowest BCUT2D eigenvalue weighted by molar-refractivity contribution is 0.590. The molecule has 9 rings (SSSR count). The van der Waals surface area contributed by atoms with Gasteiger partial charge in [-0.05, 0) is 75.7 Å². The van der Waals surface area contributed by atoms with Gasteiger partial charge in [-0.2, -0.15) is 0 Å². The Kier molecular flexibility index (Phi) is 7.03. The van der Waals surface area contributed by atoms with Gasteiger partial charge in [0.15, 0.2) is 0 Å². The average molecular weight is 645 g/mol. The minimum atomic E-state index is -0.0656. The van der Waals surface area contributed by atoms with Crippen molar-refractivity contribution < 1.29 is 4.42 Å². The zero-order valence-electron chi connectivity index (χ0n) is 28.4. The number of hydrogen-bond donors (Lipinski definition) is 0. The van der Waals surface area contributed by atoms with E-state index >= 15 is 0 Å². The van der Waals surface area contributed by atoms with Crippen LogP contribution < -0.4 is 0 Å². The number of imidazole rings is 1. The van der Waals surface area contributed by atoms with Crippen molar-refractivity contribution in [2.45, 2.75) is 26.2 Å². The normalized spacial score (nSPS) is 11.9. The van der Waals surface area contributed by atoms with Crippen molar-refractivity contribution in [2.75, 3.05) is 0 Å². The lowest BCUT2D eigenvalue weighted by Gasteiger charge is -2.26. The van der Waals surface area contributed by atoms with E-state index < -0.39 is 0 Å². The molecule has 50 heavy (non-hydrogen) atoms. The van der Waals surface area contributed by atoms with Crippen LogP contribution in [0.2, 0.25) is 0 Å². The Balaban J connectivity index is 1.38. The summed E-state index contributed by atoms with van der Waals surface area (Å²) in [6, 6.07) is 58.1. The van der Waals surface area contributed by atoms with Crippen LogP contribution in [0.1, 0.15) is 26.3 Å². The monoisotopic (exact) mass is 644 g/mol. The fraction of sp³-hybridized carbons (Fsp3) is 0.0851. The zero-order valence-corrected chi connectivity index (χ0v) is 28.4. The second-order valence-corrected chi connectivity index (χ2v) is 14.0. The highest BCUT2D eigenvalue weighted by molar-refractivity contribution is 6.10. The maximum Gasteiger partial charge on any atom is 0.149 e. The van der Waals surface area contributed by atoms with Crippen molar-refractivity contribution >= 4 is 33.0 Å². The molecule has 0 aliphatic rings. The summed E-state index contributed by atoms with van der Waals surface area (Å²) >= 11 is 0. The quantitative estimate of drug-likeness (QED) is 0.187. The Morgan fingerprint density at radius 1 is 0.500 bits per heavy atom. The number of rotatable bonds is 5. The number of furan rings is 1. The lowest BCUT2D eigenvalue weighted by Crippen LogP contribution is -2.13. The molecule has 0 fully saturated rings. The molecular weight excluding hydrogens is 609 g/mol. The predicted octanol–water partition coefficient (Wildman–Crippen LogP) is 12.9. The Morgan fingerprint density at radius 3 is 1.74 bits per heavy atom. The molecule has 0 unspecified atom stereocenters. The first-order chi connectivity index (χ1) is 24.4. The van der Waals surface area contributed by atoms with E-state index in [0.717, 1.165) is 83.4 Å². The van der Waals surface area contributed by atoms with Crippen LogP contribution in [0.3, 0.4) is 0 Å². The molecule has 0 saturated heterocycles. The van der Waals surface area contributed by atoms with Gasteiger partial charge in [0.25, 0.3) is 0 Å². The third-order valence-electron chi connectivity index (χ3n) is 9.78. The molecule has 0 aliphatic heterocycles. The van der Waals surface area contributed by atoms with Gasteiger partial charge in [0.2, 0.25) is 0 Å². The maximum absolute atomic E-state index is 6.83. The first-order valence-corrected chi connectivity index (χ1v) is 17.2. The molecular formula is C47H36N2O. The molecule has 0 atom stereocenters. The molecule has 0 amide bonds. The van der Waals surface area contributed by atoms with E-state index in [4.69, 9.17) is 9.40 Å². The van der Waals surface area contributed by atoms with Crippen LogP contribution in [0.15, 0.2) is 168 Å². The molecule has 0 aliphatic carbocycles. The van der Waals surface area contributed by atoms with Crippen LogP contribution in [0.4, 0.5) is 0 Å². The highest BCUT2D eigenvalue weighted by Crippen LogP contribution is 2.45. The van der Waals surface area contributed by atoms with E-state index in [2.05, 4.69) is 183 Å². The van der Waals surface area contributed by atoms with Crippen LogP contribution in [0, 0.1) is 0 Å². The van der Waals surface area contributed by atoms with Gasteiger partial charge in [0, 0.05) is 21.9 Å². The summed E-state index contributed by atoms with van der Waals surface area (Å²) in [5.41, 5.74) is 13.8. The van der Waals surface area contributed by atoms with Crippen molar-refractivity contribution in [3.8, 4) is 50.5 Å². The van der Waals surface area contributed by atoms with Gasteiger partial charge in [0.05, 0.1) is 22.3 Å². The molecule has 0 bridgehead atoms. The van der Waals surface area contributed by atoms with Gasteiger partial charge < -0.3 is 4.42 Å². The number of nitrogens with zero attached hydrogens (tertiary/aromatic N) is 2. The fourth-order valence-electron chi connectivity index (χ4n) is 7.20. The van der Waals surface area contributed by atoms with Crippen LogP contribution in [0.5, 0.6) is 0 Å². The molecule has 9 aromatic rings. The van der Waals surface area contributed by atoms with Crippen molar-refractivity contribution in [1.29, 1.82) is 0 Å². The molecule has 0 saturated carbocycles. The molecule has 0 radical (unpaired) electrons. The van der Waals surface area contributed by atoms with E-state index in [1.807, 2.05) is 6.07 Å². The second-order valence-electron chi connectivity index (χ2n) is 14.0. The fourth-order valence-corrected chi connectivity index (χ4v) is 7.20. The zero-order chi connectivity index (χ0) is 33.8. The molecule has 0 N–H and O–H groups in total. The van der Waals surface area contributed by atoms with E-state index in [-0.39, 0.29) is 5.41 Å². The molecule has 3 heteroatoms. The molecule has 2 heterocycles. The van der Waals surface area contributed by atoms with Crippen LogP contribution in [-0.2, 0) is 5.41 Å². The lowest BCUT2D eigenvalue weighted by atomic mass is 9.82. The summed E-state index contributed by atoms with van der Waals surface area (Å²) in [6.45, 7) is 6.86. The van der Waals surface area contributed by atoms with E-state index in [9.17, 15) is 0 Å².